The first-order valence-electron chi connectivity index (χ1n) is 5.82. The van der Waals surface area contributed by atoms with Gasteiger partial charge in [0.1, 0.15) is 5.76 Å². The Labute approximate surface area is 102 Å². The summed E-state index contributed by atoms with van der Waals surface area (Å²) in [6, 6.07) is 1.65. The Morgan fingerprint density at radius 1 is 1.59 bits per heavy atom. The molecule has 1 aromatic rings. The van der Waals surface area contributed by atoms with E-state index >= 15 is 0 Å². The Hall–Kier alpha value is -1.36. The van der Waals surface area contributed by atoms with Crippen molar-refractivity contribution in [3.63, 3.8) is 0 Å². The molecule has 1 aromatic heterocycles. The number of carbonyl (C=O) groups is 1. The summed E-state index contributed by atoms with van der Waals surface area (Å²) < 4.78 is 4.91. The lowest BCUT2D eigenvalue weighted by Gasteiger charge is -2.30. The highest BCUT2D eigenvalue weighted by molar-refractivity contribution is 5.92. The molecule has 2 N–H and O–H groups in total. The van der Waals surface area contributed by atoms with Crippen LogP contribution in [0.15, 0.2) is 10.6 Å². The van der Waals surface area contributed by atoms with Crippen molar-refractivity contribution in [2.24, 2.45) is 11.1 Å². The number of hydrogen-bond donors (Lipinski definition) is 1. The molecule has 0 aromatic carbocycles. The minimum absolute atomic E-state index is 0.0928. The smallest absolute Gasteiger partial charge is 0.276 e. The van der Waals surface area contributed by atoms with Gasteiger partial charge in [-0.25, -0.2) is 0 Å². The zero-order valence-corrected chi connectivity index (χ0v) is 11.0. The summed E-state index contributed by atoms with van der Waals surface area (Å²) in [6.07, 6.45) is 0. The van der Waals surface area contributed by atoms with Crippen molar-refractivity contribution in [2.45, 2.75) is 27.7 Å². The Morgan fingerprint density at radius 2 is 2.24 bits per heavy atom. The molecular formula is C12H21N3O2. The maximum atomic E-state index is 12.1. The van der Waals surface area contributed by atoms with E-state index in [1.54, 1.807) is 17.9 Å². The molecule has 17 heavy (non-hydrogen) atoms. The van der Waals surface area contributed by atoms with Crippen LogP contribution in [-0.2, 0) is 0 Å². The Morgan fingerprint density at radius 3 is 2.65 bits per heavy atom. The summed E-state index contributed by atoms with van der Waals surface area (Å²) in [5.74, 6) is 0.536. The van der Waals surface area contributed by atoms with Crippen LogP contribution in [0.4, 0.5) is 0 Å². The van der Waals surface area contributed by atoms with Crippen LogP contribution in [0.2, 0.25) is 0 Å². The van der Waals surface area contributed by atoms with Crippen molar-refractivity contribution in [1.29, 1.82) is 0 Å². The second-order valence-corrected chi connectivity index (χ2v) is 5.01. The predicted molar refractivity (Wildman–Crippen MR) is 65.7 cm³/mol. The van der Waals surface area contributed by atoms with E-state index in [1.807, 2.05) is 20.8 Å². The summed E-state index contributed by atoms with van der Waals surface area (Å²) in [5.41, 5.74) is 5.95. The predicted octanol–water partition coefficient (Wildman–Crippen LogP) is 1.43. The molecule has 0 aliphatic carbocycles. The molecule has 0 saturated carbocycles. The van der Waals surface area contributed by atoms with Gasteiger partial charge < -0.3 is 15.2 Å². The van der Waals surface area contributed by atoms with Gasteiger partial charge in [-0.2, -0.15) is 0 Å². The number of nitrogens with zero attached hydrogens (tertiary/aromatic N) is 2. The highest BCUT2D eigenvalue weighted by Crippen LogP contribution is 2.16. The van der Waals surface area contributed by atoms with E-state index in [4.69, 9.17) is 10.3 Å². The third-order valence-electron chi connectivity index (χ3n) is 2.69. The summed E-state index contributed by atoms with van der Waals surface area (Å²) in [7, 11) is 0. The quantitative estimate of drug-likeness (QED) is 0.843. The van der Waals surface area contributed by atoms with E-state index < -0.39 is 0 Å². The van der Waals surface area contributed by atoms with E-state index in [9.17, 15) is 4.79 Å². The second kappa shape index (κ2) is 5.31. The molecule has 5 nitrogen and oxygen atoms in total. The first kappa shape index (κ1) is 13.7. The summed E-state index contributed by atoms with van der Waals surface area (Å²) in [6.45, 7) is 9.57. The van der Waals surface area contributed by atoms with Crippen molar-refractivity contribution in [3.8, 4) is 0 Å². The van der Waals surface area contributed by atoms with Gasteiger partial charge >= 0.3 is 0 Å². The van der Waals surface area contributed by atoms with Crippen molar-refractivity contribution in [2.75, 3.05) is 19.6 Å². The average molecular weight is 239 g/mol. The van der Waals surface area contributed by atoms with Crippen molar-refractivity contribution < 1.29 is 9.32 Å². The summed E-state index contributed by atoms with van der Waals surface area (Å²) in [5, 5.41) is 3.74. The van der Waals surface area contributed by atoms with Gasteiger partial charge in [-0.3, -0.25) is 4.79 Å². The number of amides is 1. The standard InChI is InChI=1S/C12H21N3O2/c1-5-15(8-12(3,4)7-13)11(16)10-6-9(2)17-14-10/h6H,5,7-8,13H2,1-4H3. The van der Waals surface area contributed by atoms with Crippen LogP contribution in [0.3, 0.4) is 0 Å². The monoisotopic (exact) mass is 239 g/mol. The van der Waals surface area contributed by atoms with Crippen LogP contribution < -0.4 is 5.73 Å². The molecule has 1 heterocycles. The third-order valence-corrected chi connectivity index (χ3v) is 2.69. The minimum atomic E-state index is -0.106. The Balaban J connectivity index is 2.78. The van der Waals surface area contributed by atoms with Gasteiger partial charge in [0, 0.05) is 19.2 Å². The molecule has 0 spiro atoms. The first-order valence-corrected chi connectivity index (χ1v) is 5.82. The molecule has 0 aliphatic rings. The van der Waals surface area contributed by atoms with E-state index in [2.05, 4.69) is 5.16 Å². The van der Waals surface area contributed by atoms with Gasteiger partial charge in [0.05, 0.1) is 0 Å². The topological polar surface area (TPSA) is 72.4 Å². The molecule has 0 bridgehead atoms. The van der Waals surface area contributed by atoms with Crippen LogP contribution in [0.1, 0.15) is 37.0 Å². The Kier molecular flexibility index (Phi) is 4.28. The molecule has 5 heteroatoms. The van der Waals surface area contributed by atoms with Crippen LogP contribution in [0.5, 0.6) is 0 Å². The lowest BCUT2D eigenvalue weighted by atomic mass is 9.93. The highest BCUT2D eigenvalue weighted by Gasteiger charge is 2.25. The fraction of sp³-hybridized carbons (Fsp3) is 0.667. The van der Waals surface area contributed by atoms with E-state index in [0.717, 1.165) is 0 Å². The maximum Gasteiger partial charge on any atom is 0.276 e. The van der Waals surface area contributed by atoms with Gasteiger partial charge in [-0.05, 0) is 25.8 Å². The molecule has 0 unspecified atom stereocenters. The SMILES string of the molecule is CCN(CC(C)(C)CN)C(=O)c1cc(C)on1. The van der Waals surface area contributed by atoms with Gasteiger partial charge in [0.25, 0.3) is 5.91 Å². The van der Waals surface area contributed by atoms with Gasteiger partial charge in [0.15, 0.2) is 5.69 Å². The fourth-order valence-electron chi connectivity index (χ4n) is 1.54. The maximum absolute atomic E-state index is 12.1. The lowest BCUT2D eigenvalue weighted by Crippen LogP contribution is -2.42. The fourth-order valence-corrected chi connectivity index (χ4v) is 1.54. The van der Waals surface area contributed by atoms with Crippen LogP contribution in [-0.4, -0.2) is 35.6 Å². The highest BCUT2D eigenvalue weighted by atomic mass is 16.5. The van der Waals surface area contributed by atoms with Gasteiger partial charge in [-0.15, -0.1) is 0 Å². The Bertz CT molecular complexity index is 385. The number of aryl methyl sites for hydroxylation is 1. The molecule has 96 valence electrons. The molecule has 0 atom stereocenters. The molecule has 0 aliphatic heterocycles. The number of aromatic nitrogens is 1. The molecule has 0 radical (unpaired) electrons. The van der Waals surface area contributed by atoms with E-state index in [-0.39, 0.29) is 11.3 Å². The lowest BCUT2D eigenvalue weighted by molar-refractivity contribution is 0.0690. The van der Waals surface area contributed by atoms with Gasteiger partial charge in [0.2, 0.25) is 0 Å². The summed E-state index contributed by atoms with van der Waals surface area (Å²) in [4.78, 5) is 13.9. The second-order valence-electron chi connectivity index (χ2n) is 5.01. The normalized spacial score (nSPS) is 11.6. The van der Waals surface area contributed by atoms with Crippen molar-refractivity contribution in [3.05, 3.63) is 17.5 Å². The van der Waals surface area contributed by atoms with E-state index in [1.165, 1.54) is 0 Å². The zero-order chi connectivity index (χ0) is 13.1. The van der Waals surface area contributed by atoms with E-state index in [0.29, 0.717) is 31.1 Å². The third kappa shape index (κ3) is 3.56. The number of hydrogen-bond acceptors (Lipinski definition) is 4. The number of nitrogens with two attached hydrogens (primary N) is 1. The average Bonchev–Trinajstić information content (AvgIpc) is 2.72. The van der Waals surface area contributed by atoms with Crippen LogP contribution in [0.25, 0.3) is 0 Å². The largest absolute Gasteiger partial charge is 0.361 e. The number of rotatable bonds is 5. The minimum Gasteiger partial charge on any atom is -0.361 e. The summed E-state index contributed by atoms with van der Waals surface area (Å²) >= 11 is 0. The first-order chi connectivity index (χ1) is 7.89. The molecule has 1 rings (SSSR count). The molecular weight excluding hydrogens is 218 g/mol. The van der Waals surface area contributed by atoms with Crippen molar-refractivity contribution in [1.82, 2.24) is 10.1 Å². The zero-order valence-electron chi connectivity index (χ0n) is 11.0. The van der Waals surface area contributed by atoms with Crippen LogP contribution >= 0.6 is 0 Å². The van der Waals surface area contributed by atoms with Crippen molar-refractivity contribution >= 4 is 5.91 Å². The number of carbonyl (C=O) groups excluding carboxylic acids is 1. The van der Waals surface area contributed by atoms with Crippen LogP contribution in [0, 0.1) is 12.3 Å². The molecule has 0 saturated heterocycles. The van der Waals surface area contributed by atoms with Gasteiger partial charge in [-0.1, -0.05) is 19.0 Å². The molecule has 0 fully saturated rings. The molecule has 1 amide bonds.